The van der Waals surface area contributed by atoms with Crippen molar-refractivity contribution in [1.29, 1.82) is 0 Å². The lowest BCUT2D eigenvalue weighted by Crippen LogP contribution is -2.54. The lowest BCUT2D eigenvalue weighted by Gasteiger charge is -2.30. The van der Waals surface area contributed by atoms with E-state index in [1.807, 2.05) is 0 Å². The van der Waals surface area contributed by atoms with Crippen molar-refractivity contribution in [2.75, 3.05) is 32.8 Å². The summed E-state index contributed by atoms with van der Waals surface area (Å²) in [6.45, 7) is 2.21. The smallest absolute Gasteiger partial charge is 0.332 e. The zero-order valence-electron chi connectivity index (χ0n) is 9.59. The maximum Gasteiger partial charge on any atom is 0.332 e. The van der Waals surface area contributed by atoms with E-state index in [1.165, 1.54) is 4.90 Å². The third-order valence-corrected chi connectivity index (χ3v) is 2.82. The molecule has 0 atom stereocenters. The number of hydrazine groups is 1. The molecule has 1 heterocycles. The lowest BCUT2D eigenvalue weighted by atomic mass is 10.5. The Kier molecular flexibility index (Phi) is 3.80. The van der Waals surface area contributed by atoms with Crippen molar-refractivity contribution in [3.63, 3.8) is 0 Å². The van der Waals surface area contributed by atoms with Gasteiger partial charge in [0.2, 0.25) is 0 Å². The number of hydrogen-bond donors (Lipinski definition) is 2. The van der Waals surface area contributed by atoms with Crippen LogP contribution in [0.2, 0.25) is 0 Å². The van der Waals surface area contributed by atoms with Crippen LogP contribution in [0.25, 0.3) is 0 Å². The van der Waals surface area contributed by atoms with Gasteiger partial charge in [-0.3, -0.25) is 10.2 Å². The monoisotopic (exact) mass is 243 g/mol. The van der Waals surface area contributed by atoms with E-state index < -0.39 is 5.97 Å². The molecule has 7 heteroatoms. The maximum atomic E-state index is 11.9. The number of hydrogen-bond acceptors (Lipinski definition) is 4. The molecule has 2 amide bonds. The molecule has 1 aliphatic carbocycles. The molecule has 17 heavy (non-hydrogen) atoms. The van der Waals surface area contributed by atoms with Crippen LogP contribution in [0.1, 0.15) is 12.8 Å². The number of carboxylic acids is 1. The van der Waals surface area contributed by atoms with Crippen LogP contribution < -0.4 is 5.43 Å². The molecule has 0 aromatic heterocycles. The number of ether oxygens (including phenoxy) is 1. The van der Waals surface area contributed by atoms with E-state index in [-0.39, 0.29) is 18.6 Å². The molecule has 2 rings (SSSR count). The van der Waals surface area contributed by atoms with Gasteiger partial charge in [-0.1, -0.05) is 0 Å². The first-order valence-electron chi connectivity index (χ1n) is 5.78. The molecule has 7 nitrogen and oxygen atoms in total. The van der Waals surface area contributed by atoms with Gasteiger partial charge in [0.05, 0.1) is 13.2 Å². The Morgan fingerprint density at radius 3 is 2.53 bits per heavy atom. The highest BCUT2D eigenvalue weighted by atomic mass is 16.5. The third kappa shape index (κ3) is 3.57. The fourth-order valence-electron chi connectivity index (χ4n) is 1.77. The van der Waals surface area contributed by atoms with Crippen LogP contribution in [0.5, 0.6) is 0 Å². The molecule has 0 aromatic rings. The van der Waals surface area contributed by atoms with Crippen molar-refractivity contribution in [3.05, 3.63) is 0 Å². The first-order chi connectivity index (χ1) is 8.16. The Balaban J connectivity index is 1.84. The third-order valence-electron chi connectivity index (χ3n) is 2.82. The molecule has 96 valence electrons. The second-order valence-electron chi connectivity index (χ2n) is 4.27. The van der Waals surface area contributed by atoms with Crippen LogP contribution in [0.3, 0.4) is 0 Å². The van der Waals surface area contributed by atoms with E-state index >= 15 is 0 Å². The van der Waals surface area contributed by atoms with Gasteiger partial charge in [0, 0.05) is 19.1 Å². The van der Waals surface area contributed by atoms with Crippen LogP contribution >= 0.6 is 0 Å². The number of carbonyl (C=O) groups is 2. The fourth-order valence-corrected chi connectivity index (χ4v) is 1.77. The Hall–Kier alpha value is -1.34. The number of carboxylic acid groups (broad SMARTS) is 1. The van der Waals surface area contributed by atoms with Gasteiger partial charge in [0.1, 0.15) is 6.54 Å². The van der Waals surface area contributed by atoms with Gasteiger partial charge in [0.25, 0.3) is 0 Å². The number of aliphatic carboxylic acids is 1. The van der Waals surface area contributed by atoms with E-state index in [0.717, 1.165) is 12.8 Å². The fraction of sp³-hybridized carbons (Fsp3) is 0.800. The van der Waals surface area contributed by atoms with Gasteiger partial charge in [0.15, 0.2) is 0 Å². The number of amides is 2. The number of rotatable bonds is 4. The lowest BCUT2D eigenvalue weighted by molar-refractivity contribution is -0.137. The molecule has 2 N–H and O–H groups in total. The number of nitrogens with one attached hydrogen (secondary N) is 1. The van der Waals surface area contributed by atoms with Crippen LogP contribution in [-0.4, -0.2) is 65.9 Å². The molecule has 0 radical (unpaired) electrons. The summed E-state index contributed by atoms with van der Waals surface area (Å²) in [6.07, 6.45) is 1.79. The molecule has 1 saturated carbocycles. The van der Waals surface area contributed by atoms with Crippen LogP contribution in [-0.2, 0) is 9.53 Å². The number of carbonyl (C=O) groups excluding carboxylic acids is 1. The minimum Gasteiger partial charge on any atom is -0.480 e. The zero-order chi connectivity index (χ0) is 12.3. The highest BCUT2D eigenvalue weighted by molar-refractivity contribution is 5.80. The van der Waals surface area contributed by atoms with Gasteiger partial charge >= 0.3 is 12.0 Å². The van der Waals surface area contributed by atoms with Crippen LogP contribution in [0, 0.1) is 0 Å². The standard InChI is InChI=1S/C10H17N3O4/c14-9(15)7-13(8-1-2-8)10(16)11-12-3-5-17-6-4-12/h8H,1-7H2,(H,11,16)(H,14,15). The van der Waals surface area contributed by atoms with Gasteiger partial charge in [-0.2, -0.15) is 0 Å². The Morgan fingerprint density at radius 1 is 1.35 bits per heavy atom. The average molecular weight is 243 g/mol. The summed E-state index contributed by atoms with van der Waals surface area (Å²) in [6, 6.07) is -0.232. The van der Waals surface area contributed by atoms with Gasteiger partial charge in [-0.15, -0.1) is 0 Å². The molecule has 0 bridgehead atoms. The predicted molar refractivity (Wildman–Crippen MR) is 58.3 cm³/mol. The molecule has 1 aliphatic heterocycles. The number of urea groups is 1. The molecule has 1 saturated heterocycles. The van der Waals surface area contributed by atoms with Gasteiger partial charge in [-0.05, 0) is 12.8 Å². The van der Waals surface area contributed by atoms with Gasteiger partial charge in [-0.25, -0.2) is 9.80 Å². The van der Waals surface area contributed by atoms with Crippen LogP contribution in [0.4, 0.5) is 4.79 Å². The summed E-state index contributed by atoms with van der Waals surface area (Å²) in [5.74, 6) is -0.978. The largest absolute Gasteiger partial charge is 0.480 e. The first-order valence-corrected chi connectivity index (χ1v) is 5.78. The maximum absolute atomic E-state index is 11.9. The predicted octanol–water partition coefficient (Wildman–Crippen LogP) is -0.508. The highest BCUT2D eigenvalue weighted by Gasteiger charge is 2.34. The molecule has 2 aliphatic rings. The molecular weight excluding hydrogens is 226 g/mol. The van der Waals surface area contributed by atoms with Crippen molar-refractivity contribution >= 4 is 12.0 Å². The Bertz CT molecular complexity index is 300. The summed E-state index contributed by atoms with van der Waals surface area (Å²) >= 11 is 0. The van der Waals surface area contributed by atoms with Crippen molar-refractivity contribution in [3.8, 4) is 0 Å². The molecule has 0 unspecified atom stereocenters. The van der Waals surface area contributed by atoms with E-state index in [1.54, 1.807) is 5.01 Å². The molecular formula is C10H17N3O4. The second-order valence-corrected chi connectivity index (χ2v) is 4.27. The number of morpholine rings is 1. The summed E-state index contributed by atoms with van der Waals surface area (Å²) in [5, 5.41) is 10.5. The van der Waals surface area contributed by atoms with Crippen LogP contribution in [0.15, 0.2) is 0 Å². The van der Waals surface area contributed by atoms with E-state index in [9.17, 15) is 9.59 Å². The Labute approximate surface area is 99.3 Å². The minimum absolute atomic E-state index is 0.0899. The minimum atomic E-state index is -0.978. The summed E-state index contributed by atoms with van der Waals surface area (Å²) in [4.78, 5) is 24.0. The summed E-state index contributed by atoms with van der Waals surface area (Å²) in [5.41, 5.74) is 2.72. The van der Waals surface area contributed by atoms with E-state index in [0.29, 0.717) is 26.3 Å². The van der Waals surface area contributed by atoms with E-state index in [2.05, 4.69) is 5.43 Å². The number of nitrogens with zero attached hydrogens (tertiary/aromatic N) is 2. The summed E-state index contributed by atoms with van der Waals surface area (Å²) in [7, 11) is 0. The van der Waals surface area contributed by atoms with Gasteiger partial charge < -0.3 is 14.7 Å². The second kappa shape index (κ2) is 5.33. The van der Waals surface area contributed by atoms with Crippen molar-refractivity contribution in [2.45, 2.75) is 18.9 Å². The average Bonchev–Trinajstić information content (AvgIpc) is 3.10. The van der Waals surface area contributed by atoms with Crippen molar-refractivity contribution in [2.24, 2.45) is 0 Å². The molecule has 0 spiro atoms. The van der Waals surface area contributed by atoms with Crippen molar-refractivity contribution < 1.29 is 19.4 Å². The summed E-state index contributed by atoms with van der Waals surface area (Å²) < 4.78 is 5.17. The quantitative estimate of drug-likeness (QED) is 0.695. The highest BCUT2D eigenvalue weighted by Crippen LogP contribution is 2.26. The zero-order valence-corrected chi connectivity index (χ0v) is 9.59. The Morgan fingerprint density at radius 2 is 2.00 bits per heavy atom. The topological polar surface area (TPSA) is 82.1 Å². The SMILES string of the molecule is O=C(O)CN(C(=O)NN1CCOCC1)C1CC1. The normalized spacial score (nSPS) is 20.9. The molecule has 0 aromatic carbocycles. The first kappa shape index (κ1) is 12.1. The van der Waals surface area contributed by atoms with E-state index in [4.69, 9.17) is 9.84 Å². The van der Waals surface area contributed by atoms with Crippen molar-refractivity contribution in [1.82, 2.24) is 15.3 Å². The molecule has 2 fully saturated rings.